The predicted octanol–water partition coefficient (Wildman–Crippen LogP) is 1.42. The zero-order valence-electron chi connectivity index (χ0n) is 10.8. The molecule has 106 valence electrons. The van der Waals surface area contributed by atoms with Crippen molar-refractivity contribution in [1.29, 1.82) is 0 Å². The first-order valence-corrected chi connectivity index (χ1v) is 8.73. The summed E-state index contributed by atoms with van der Waals surface area (Å²) in [7, 11) is -3.11. The second-order valence-corrected chi connectivity index (χ2v) is 8.51. The monoisotopic (exact) mass is 347 g/mol. The van der Waals surface area contributed by atoms with Gasteiger partial charge in [-0.2, -0.15) is 0 Å². The molecule has 1 aromatic carbocycles. The largest absolute Gasteiger partial charge is 0.385 e. The second-order valence-electron chi connectivity index (χ2n) is 5.41. The molecule has 3 N–H and O–H groups in total. The van der Waals surface area contributed by atoms with Gasteiger partial charge in [0.05, 0.1) is 17.1 Å². The van der Waals surface area contributed by atoms with Gasteiger partial charge in [0.25, 0.3) is 0 Å². The molecule has 1 aliphatic heterocycles. The van der Waals surface area contributed by atoms with E-state index in [4.69, 9.17) is 5.73 Å². The van der Waals surface area contributed by atoms with Crippen LogP contribution in [-0.2, 0) is 15.4 Å². The second kappa shape index (κ2) is 4.84. The van der Waals surface area contributed by atoms with E-state index in [1.807, 2.05) is 12.1 Å². The Morgan fingerprint density at radius 3 is 2.42 bits per heavy atom. The normalized spacial score (nSPS) is 29.1. The lowest BCUT2D eigenvalue weighted by atomic mass is 9.69. The molecule has 0 aliphatic carbocycles. The van der Waals surface area contributed by atoms with Crippen LogP contribution >= 0.6 is 15.9 Å². The Hall–Kier alpha value is -0.430. The van der Waals surface area contributed by atoms with Crippen LogP contribution in [0.4, 0.5) is 0 Å². The standard InChI is InChI=1S/C13H18BrNO3S/c1-12(16,10-2-4-11(14)5-3-10)13(8-15)6-7-19(17,18)9-13/h2-5,16H,6-9,15H2,1H3. The van der Waals surface area contributed by atoms with Crippen molar-refractivity contribution in [2.24, 2.45) is 11.1 Å². The molecule has 6 heteroatoms. The molecule has 1 fully saturated rings. The van der Waals surface area contributed by atoms with Crippen LogP contribution in [0.5, 0.6) is 0 Å². The highest BCUT2D eigenvalue weighted by Crippen LogP contribution is 2.46. The molecule has 1 heterocycles. The number of rotatable bonds is 3. The summed E-state index contributed by atoms with van der Waals surface area (Å²) in [4.78, 5) is 0. The van der Waals surface area contributed by atoms with Crippen molar-refractivity contribution in [1.82, 2.24) is 0 Å². The number of benzene rings is 1. The first-order chi connectivity index (χ1) is 8.72. The lowest BCUT2D eigenvalue weighted by Crippen LogP contribution is -2.49. The van der Waals surface area contributed by atoms with Gasteiger partial charge < -0.3 is 10.8 Å². The maximum atomic E-state index is 11.8. The molecule has 1 aliphatic rings. The highest BCUT2D eigenvalue weighted by Gasteiger charge is 2.53. The molecule has 2 atom stereocenters. The first-order valence-electron chi connectivity index (χ1n) is 6.11. The molecular weight excluding hydrogens is 330 g/mol. The van der Waals surface area contributed by atoms with E-state index in [0.717, 1.165) is 4.47 Å². The number of hydrogen-bond acceptors (Lipinski definition) is 4. The minimum atomic E-state index is -3.11. The highest BCUT2D eigenvalue weighted by molar-refractivity contribution is 9.10. The van der Waals surface area contributed by atoms with Gasteiger partial charge in [-0.25, -0.2) is 8.42 Å². The summed E-state index contributed by atoms with van der Waals surface area (Å²) in [6, 6.07) is 7.26. The van der Waals surface area contributed by atoms with Crippen molar-refractivity contribution in [3.05, 3.63) is 34.3 Å². The van der Waals surface area contributed by atoms with Crippen molar-refractivity contribution >= 4 is 25.8 Å². The Kier molecular flexibility index (Phi) is 3.81. The van der Waals surface area contributed by atoms with E-state index in [2.05, 4.69) is 15.9 Å². The van der Waals surface area contributed by atoms with Crippen LogP contribution in [0.15, 0.2) is 28.7 Å². The maximum Gasteiger partial charge on any atom is 0.151 e. The third kappa shape index (κ3) is 2.59. The SMILES string of the molecule is CC(O)(c1ccc(Br)cc1)C1(CN)CCS(=O)(=O)C1. The van der Waals surface area contributed by atoms with E-state index in [1.165, 1.54) is 0 Å². The smallest absolute Gasteiger partial charge is 0.151 e. The van der Waals surface area contributed by atoms with Crippen LogP contribution in [0.2, 0.25) is 0 Å². The van der Waals surface area contributed by atoms with E-state index in [-0.39, 0.29) is 18.1 Å². The minimum absolute atomic E-state index is 0.0560. The van der Waals surface area contributed by atoms with Gasteiger partial charge in [-0.1, -0.05) is 28.1 Å². The third-order valence-electron chi connectivity index (χ3n) is 4.22. The molecule has 4 nitrogen and oxygen atoms in total. The van der Waals surface area contributed by atoms with E-state index >= 15 is 0 Å². The molecule has 0 radical (unpaired) electrons. The molecule has 0 saturated carbocycles. The van der Waals surface area contributed by atoms with E-state index < -0.39 is 20.9 Å². The van der Waals surface area contributed by atoms with Gasteiger partial charge in [-0.3, -0.25) is 0 Å². The zero-order valence-corrected chi connectivity index (χ0v) is 13.2. The van der Waals surface area contributed by atoms with Crippen LogP contribution in [0.25, 0.3) is 0 Å². The van der Waals surface area contributed by atoms with Crippen LogP contribution in [0, 0.1) is 5.41 Å². The topological polar surface area (TPSA) is 80.4 Å². The molecule has 2 rings (SSSR count). The zero-order chi connectivity index (χ0) is 14.3. The van der Waals surface area contributed by atoms with Gasteiger partial charge in [0, 0.05) is 16.4 Å². The Bertz CT molecular complexity index is 568. The lowest BCUT2D eigenvalue weighted by molar-refractivity contribution is -0.0583. The van der Waals surface area contributed by atoms with Gasteiger partial charge in [0.2, 0.25) is 0 Å². The number of hydrogen-bond donors (Lipinski definition) is 2. The van der Waals surface area contributed by atoms with E-state index in [1.54, 1.807) is 19.1 Å². The van der Waals surface area contributed by atoms with Gasteiger partial charge in [-0.15, -0.1) is 0 Å². The molecule has 1 aromatic rings. The Balaban J connectivity index is 2.45. The van der Waals surface area contributed by atoms with Crippen molar-refractivity contribution < 1.29 is 13.5 Å². The molecule has 2 unspecified atom stereocenters. The fourth-order valence-corrected chi connectivity index (χ4v) is 5.24. The molecule has 0 aromatic heterocycles. The Labute approximate surface area is 122 Å². The number of nitrogens with two attached hydrogens (primary N) is 1. The summed E-state index contributed by atoms with van der Waals surface area (Å²) in [5.41, 5.74) is 4.44. The van der Waals surface area contributed by atoms with Crippen molar-refractivity contribution in [3.63, 3.8) is 0 Å². The van der Waals surface area contributed by atoms with Crippen LogP contribution in [0.1, 0.15) is 18.9 Å². The number of halogens is 1. The fourth-order valence-electron chi connectivity index (χ4n) is 2.74. The summed E-state index contributed by atoms with van der Waals surface area (Å²) in [6.45, 7) is 1.80. The van der Waals surface area contributed by atoms with Crippen LogP contribution in [-0.4, -0.2) is 31.6 Å². The van der Waals surface area contributed by atoms with E-state index in [9.17, 15) is 13.5 Å². The molecule has 0 spiro atoms. The molecule has 1 saturated heterocycles. The average Bonchev–Trinajstić information content (AvgIpc) is 2.67. The molecule has 19 heavy (non-hydrogen) atoms. The number of aliphatic hydroxyl groups is 1. The predicted molar refractivity (Wildman–Crippen MR) is 78.5 cm³/mol. The van der Waals surface area contributed by atoms with Crippen molar-refractivity contribution in [2.45, 2.75) is 18.9 Å². The summed E-state index contributed by atoms with van der Waals surface area (Å²) in [5.74, 6) is 0.0381. The van der Waals surface area contributed by atoms with Crippen molar-refractivity contribution in [2.75, 3.05) is 18.1 Å². The quantitative estimate of drug-likeness (QED) is 0.866. The Morgan fingerprint density at radius 1 is 1.42 bits per heavy atom. The highest BCUT2D eigenvalue weighted by atomic mass is 79.9. The van der Waals surface area contributed by atoms with Gasteiger partial charge >= 0.3 is 0 Å². The summed E-state index contributed by atoms with van der Waals surface area (Å²) < 4.78 is 24.4. The number of sulfone groups is 1. The first kappa shape index (κ1) is 15.0. The maximum absolute atomic E-state index is 11.8. The summed E-state index contributed by atoms with van der Waals surface area (Å²) in [5, 5.41) is 10.9. The third-order valence-corrected chi connectivity index (χ3v) is 6.56. The van der Waals surface area contributed by atoms with E-state index in [0.29, 0.717) is 12.0 Å². The van der Waals surface area contributed by atoms with Crippen LogP contribution < -0.4 is 5.73 Å². The summed E-state index contributed by atoms with van der Waals surface area (Å²) >= 11 is 3.34. The fraction of sp³-hybridized carbons (Fsp3) is 0.538. The molecule has 0 bridgehead atoms. The average molecular weight is 348 g/mol. The van der Waals surface area contributed by atoms with Crippen LogP contribution in [0.3, 0.4) is 0 Å². The summed E-state index contributed by atoms with van der Waals surface area (Å²) in [6.07, 6.45) is 0.398. The van der Waals surface area contributed by atoms with Gasteiger partial charge in [0.15, 0.2) is 9.84 Å². The Morgan fingerprint density at radius 2 is 2.00 bits per heavy atom. The van der Waals surface area contributed by atoms with Gasteiger partial charge in [-0.05, 0) is 31.0 Å². The van der Waals surface area contributed by atoms with Crippen molar-refractivity contribution in [3.8, 4) is 0 Å². The molecular formula is C13H18BrNO3S. The van der Waals surface area contributed by atoms with Gasteiger partial charge in [0.1, 0.15) is 0 Å². The molecule has 0 amide bonds. The minimum Gasteiger partial charge on any atom is -0.385 e. The lowest BCUT2D eigenvalue weighted by Gasteiger charge is -2.41.